The first kappa shape index (κ1) is 26.4. The van der Waals surface area contributed by atoms with Gasteiger partial charge in [0, 0.05) is 11.6 Å². The first-order chi connectivity index (χ1) is 16.6. The average Bonchev–Trinajstić information content (AvgIpc) is 2.85. The van der Waals surface area contributed by atoms with E-state index in [1.807, 2.05) is 0 Å². The highest BCUT2D eigenvalue weighted by atomic mass is 16.7. The van der Waals surface area contributed by atoms with Gasteiger partial charge in [-0.05, 0) is 12.1 Å². The second-order valence-corrected chi connectivity index (χ2v) is 6.59. The molecule has 9 nitrogen and oxygen atoms in total. The van der Waals surface area contributed by atoms with Crippen LogP contribution in [0.15, 0.2) is 74.2 Å². The molecule has 1 N–H and O–H groups in total. The fourth-order valence-electron chi connectivity index (χ4n) is 2.63. The van der Waals surface area contributed by atoms with Crippen molar-refractivity contribution in [3.8, 4) is 11.5 Å². The molecule has 1 amide bonds. The number of ether oxygens (including phenoxy) is 6. The van der Waals surface area contributed by atoms with E-state index in [-0.39, 0.29) is 45.6 Å². The molecule has 0 heterocycles. The summed E-state index contributed by atoms with van der Waals surface area (Å²) in [4.78, 5) is 24.9. The third kappa shape index (κ3) is 10.2. The zero-order chi connectivity index (χ0) is 24.4. The summed E-state index contributed by atoms with van der Waals surface area (Å²) in [6.07, 6.45) is 2.25. The fourth-order valence-corrected chi connectivity index (χ4v) is 2.63. The molecule has 182 valence electrons. The van der Waals surface area contributed by atoms with Crippen molar-refractivity contribution in [1.82, 2.24) is 0 Å². The van der Waals surface area contributed by atoms with Gasteiger partial charge in [0.1, 0.15) is 24.7 Å². The van der Waals surface area contributed by atoms with Crippen molar-refractivity contribution >= 4 is 17.4 Å². The SMILES string of the molecule is C=COCOCCOc1ccc(OCCOCOC=C)c(NC(=O)CC(=O)c2ccccc2)c1. The molecule has 0 aliphatic heterocycles. The Morgan fingerprint density at radius 3 is 2.12 bits per heavy atom. The maximum Gasteiger partial charge on any atom is 0.232 e. The maximum absolute atomic E-state index is 12.5. The van der Waals surface area contributed by atoms with Gasteiger partial charge in [-0.3, -0.25) is 9.59 Å². The molecule has 2 aromatic carbocycles. The van der Waals surface area contributed by atoms with E-state index in [4.69, 9.17) is 28.4 Å². The molecule has 0 radical (unpaired) electrons. The van der Waals surface area contributed by atoms with Gasteiger partial charge in [-0.1, -0.05) is 43.5 Å². The van der Waals surface area contributed by atoms with Crippen molar-refractivity contribution in [2.24, 2.45) is 0 Å². The molecule has 0 unspecified atom stereocenters. The van der Waals surface area contributed by atoms with Gasteiger partial charge in [0.25, 0.3) is 0 Å². The third-order valence-electron chi connectivity index (χ3n) is 4.16. The summed E-state index contributed by atoms with van der Waals surface area (Å²) in [5.41, 5.74) is 0.826. The molecule has 9 heteroatoms. The number of benzene rings is 2. The standard InChI is InChI=1S/C25H29NO8/c1-3-29-18-31-12-14-33-21-10-11-24(34-15-13-32-19-30-4-2)22(16-21)26-25(28)17-23(27)20-8-6-5-7-9-20/h3-11,16H,1-2,12-15,17-19H2,(H,26,28). The van der Waals surface area contributed by atoms with Crippen molar-refractivity contribution in [2.45, 2.75) is 6.42 Å². The van der Waals surface area contributed by atoms with Crippen LogP contribution in [0.5, 0.6) is 11.5 Å². The summed E-state index contributed by atoms with van der Waals surface area (Å²) in [6.45, 7) is 8.02. The number of anilines is 1. The highest BCUT2D eigenvalue weighted by Crippen LogP contribution is 2.29. The zero-order valence-electron chi connectivity index (χ0n) is 18.9. The topological polar surface area (TPSA) is 102 Å². The van der Waals surface area contributed by atoms with Crippen molar-refractivity contribution in [1.29, 1.82) is 0 Å². The van der Waals surface area contributed by atoms with Crippen LogP contribution in [0.25, 0.3) is 0 Å². The van der Waals surface area contributed by atoms with Gasteiger partial charge in [-0.15, -0.1) is 0 Å². The Hall–Kier alpha value is -3.82. The quantitative estimate of drug-likeness (QED) is 0.115. The molecule has 0 aromatic heterocycles. The number of rotatable bonds is 18. The number of carbonyl (C=O) groups is 2. The minimum atomic E-state index is -0.476. The molecule has 0 bridgehead atoms. The average molecular weight is 472 g/mol. The molecule has 0 atom stereocenters. The normalized spacial score (nSPS) is 10.1. The van der Waals surface area contributed by atoms with Crippen LogP contribution in [0, 0.1) is 0 Å². The van der Waals surface area contributed by atoms with Gasteiger partial charge in [0.05, 0.1) is 37.8 Å². The van der Waals surface area contributed by atoms with Crippen LogP contribution in [0.4, 0.5) is 5.69 Å². The summed E-state index contributed by atoms with van der Waals surface area (Å²) in [6, 6.07) is 13.6. The summed E-state index contributed by atoms with van der Waals surface area (Å²) in [7, 11) is 0. The van der Waals surface area contributed by atoms with Crippen LogP contribution in [0.1, 0.15) is 16.8 Å². The largest absolute Gasteiger partial charge is 0.491 e. The number of hydrogen-bond acceptors (Lipinski definition) is 8. The van der Waals surface area contributed by atoms with Crippen molar-refractivity contribution in [3.05, 3.63) is 79.8 Å². The van der Waals surface area contributed by atoms with E-state index >= 15 is 0 Å². The molecule has 0 aliphatic rings. The Morgan fingerprint density at radius 1 is 0.824 bits per heavy atom. The lowest BCUT2D eigenvalue weighted by molar-refractivity contribution is -0.115. The van der Waals surface area contributed by atoms with E-state index in [1.54, 1.807) is 48.5 Å². The van der Waals surface area contributed by atoms with Gasteiger partial charge < -0.3 is 33.7 Å². The van der Waals surface area contributed by atoms with Gasteiger partial charge in [-0.25, -0.2) is 0 Å². The van der Waals surface area contributed by atoms with E-state index < -0.39 is 5.91 Å². The number of carbonyl (C=O) groups excluding carboxylic acids is 2. The van der Waals surface area contributed by atoms with Crippen molar-refractivity contribution < 1.29 is 38.0 Å². The first-order valence-corrected chi connectivity index (χ1v) is 10.5. The predicted molar refractivity (Wildman–Crippen MR) is 126 cm³/mol. The van der Waals surface area contributed by atoms with Crippen LogP contribution in [-0.4, -0.2) is 51.7 Å². The van der Waals surface area contributed by atoms with Gasteiger partial charge in [-0.2, -0.15) is 0 Å². The van der Waals surface area contributed by atoms with E-state index in [9.17, 15) is 9.59 Å². The van der Waals surface area contributed by atoms with Gasteiger partial charge in [0.2, 0.25) is 5.91 Å². The predicted octanol–water partition coefficient (Wildman–Crippen LogP) is 3.92. The number of ketones is 1. The summed E-state index contributed by atoms with van der Waals surface area (Å²) < 4.78 is 31.6. The molecular weight excluding hydrogens is 442 g/mol. The summed E-state index contributed by atoms with van der Waals surface area (Å²) in [5.74, 6) is 0.122. The third-order valence-corrected chi connectivity index (χ3v) is 4.16. The molecular formula is C25H29NO8. The molecule has 0 aliphatic carbocycles. The second kappa shape index (κ2) is 15.9. The Kier molecular flexibility index (Phi) is 12.4. The number of amides is 1. The lowest BCUT2D eigenvalue weighted by atomic mass is 10.1. The molecule has 34 heavy (non-hydrogen) atoms. The monoisotopic (exact) mass is 471 g/mol. The minimum absolute atomic E-state index is 0.0603. The molecule has 0 saturated heterocycles. The number of Topliss-reactive ketones (excluding diaryl/α,β-unsaturated/α-hetero) is 1. The molecule has 0 spiro atoms. The van der Waals surface area contributed by atoms with E-state index in [0.717, 1.165) is 0 Å². The lowest BCUT2D eigenvalue weighted by Gasteiger charge is -2.15. The van der Waals surface area contributed by atoms with Crippen LogP contribution in [-0.2, 0) is 23.7 Å². The second-order valence-electron chi connectivity index (χ2n) is 6.59. The van der Waals surface area contributed by atoms with Crippen LogP contribution < -0.4 is 14.8 Å². The Labute approximate surface area is 198 Å². The van der Waals surface area contributed by atoms with E-state index in [1.165, 1.54) is 12.5 Å². The summed E-state index contributed by atoms with van der Waals surface area (Å²) >= 11 is 0. The molecule has 2 rings (SSSR count). The molecule has 2 aromatic rings. The highest BCUT2D eigenvalue weighted by Gasteiger charge is 2.15. The summed E-state index contributed by atoms with van der Waals surface area (Å²) in [5, 5.41) is 2.73. The van der Waals surface area contributed by atoms with Crippen LogP contribution in [0.2, 0.25) is 0 Å². The molecule has 0 fully saturated rings. The highest BCUT2D eigenvalue weighted by molar-refractivity contribution is 6.11. The van der Waals surface area contributed by atoms with Crippen molar-refractivity contribution in [2.75, 3.05) is 45.3 Å². The zero-order valence-corrected chi connectivity index (χ0v) is 18.9. The fraction of sp³-hybridized carbons (Fsp3) is 0.280. The van der Waals surface area contributed by atoms with E-state index in [0.29, 0.717) is 29.4 Å². The van der Waals surface area contributed by atoms with Gasteiger partial charge >= 0.3 is 0 Å². The Balaban J connectivity index is 1.98. The number of nitrogens with one attached hydrogen (secondary N) is 1. The lowest BCUT2D eigenvalue weighted by Crippen LogP contribution is -2.18. The van der Waals surface area contributed by atoms with E-state index in [2.05, 4.69) is 18.5 Å². The smallest absolute Gasteiger partial charge is 0.232 e. The van der Waals surface area contributed by atoms with Crippen LogP contribution >= 0.6 is 0 Å². The Bertz CT molecular complexity index is 916. The molecule has 0 saturated carbocycles. The first-order valence-electron chi connectivity index (χ1n) is 10.5. The van der Waals surface area contributed by atoms with Crippen LogP contribution in [0.3, 0.4) is 0 Å². The number of hydrogen-bond donors (Lipinski definition) is 1. The minimum Gasteiger partial charge on any atom is -0.491 e. The Morgan fingerprint density at radius 2 is 1.47 bits per heavy atom. The van der Waals surface area contributed by atoms with Crippen molar-refractivity contribution in [3.63, 3.8) is 0 Å². The van der Waals surface area contributed by atoms with Gasteiger partial charge in [0.15, 0.2) is 19.4 Å². The maximum atomic E-state index is 12.5.